The van der Waals surface area contributed by atoms with Crippen molar-refractivity contribution in [1.82, 2.24) is 15.4 Å². The number of likely N-dealkylation sites (tertiary alicyclic amines) is 1. The maximum Gasteiger partial charge on any atom is 0.143 e. The molecule has 1 unspecified atom stereocenters. The van der Waals surface area contributed by atoms with Gasteiger partial charge in [-0.15, -0.1) is 0 Å². The minimum Gasteiger partial charge on any atom is -0.361 e. The van der Waals surface area contributed by atoms with Crippen molar-refractivity contribution in [3.8, 4) is 0 Å². The van der Waals surface area contributed by atoms with Gasteiger partial charge in [-0.1, -0.05) is 41.9 Å². The molecule has 0 spiro atoms. The molecule has 22 heavy (non-hydrogen) atoms. The van der Waals surface area contributed by atoms with E-state index >= 15 is 0 Å². The van der Waals surface area contributed by atoms with Gasteiger partial charge in [0.25, 0.3) is 0 Å². The molecule has 2 aromatic rings. The van der Waals surface area contributed by atoms with E-state index in [1.807, 2.05) is 0 Å². The molecule has 4 heteroatoms. The van der Waals surface area contributed by atoms with Gasteiger partial charge in [-0.25, -0.2) is 0 Å². The van der Waals surface area contributed by atoms with Gasteiger partial charge >= 0.3 is 0 Å². The van der Waals surface area contributed by atoms with Gasteiger partial charge in [-0.05, 0) is 31.5 Å². The number of fused-ring (bicyclic) bond motifs is 1. The second-order valence-electron chi connectivity index (χ2n) is 6.35. The van der Waals surface area contributed by atoms with Crippen LogP contribution in [0.5, 0.6) is 0 Å². The van der Waals surface area contributed by atoms with Crippen molar-refractivity contribution in [2.24, 2.45) is 0 Å². The Kier molecular flexibility index (Phi) is 3.95. The van der Waals surface area contributed by atoms with E-state index in [4.69, 9.17) is 4.52 Å². The number of hydrogen-bond acceptors (Lipinski definition) is 4. The molecule has 1 aromatic heterocycles. The predicted octanol–water partition coefficient (Wildman–Crippen LogP) is 2.90. The number of nitrogens with one attached hydrogen (secondary N) is 1. The van der Waals surface area contributed by atoms with E-state index in [2.05, 4.69) is 45.7 Å². The Morgan fingerprint density at radius 1 is 1.14 bits per heavy atom. The summed E-state index contributed by atoms with van der Waals surface area (Å²) in [7, 11) is 0. The van der Waals surface area contributed by atoms with Gasteiger partial charge in [0.2, 0.25) is 0 Å². The zero-order chi connectivity index (χ0) is 14.8. The van der Waals surface area contributed by atoms with Crippen molar-refractivity contribution in [2.45, 2.75) is 38.3 Å². The van der Waals surface area contributed by atoms with Crippen LogP contribution in [0.15, 0.2) is 34.9 Å². The molecule has 1 fully saturated rings. The van der Waals surface area contributed by atoms with Gasteiger partial charge in [0, 0.05) is 25.1 Å². The molecule has 3 heterocycles. The average Bonchev–Trinajstić information content (AvgIpc) is 3.00. The molecule has 1 aromatic carbocycles. The van der Waals surface area contributed by atoms with Crippen LogP contribution < -0.4 is 5.32 Å². The Morgan fingerprint density at radius 3 is 2.77 bits per heavy atom. The summed E-state index contributed by atoms with van der Waals surface area (Å²) < 4.78 is 5.66. The predicted molar refractivity (Wildman–Crippen MR) is 85.6 cm³/mol. The molecule has 0 saturated carbocycles. The molecule has 1 atom stereocenters. The number of aromatic nitrogens is 1. The highest BCUT2D eigenvalue weighted by atomic mass is 16.5. The molecule has 4 nitrogen and oxygen atoms in total. The molecule has 0 bridgehead atoms. The monoisotopic (exact) mass is 297 g/mol. The van der Waals surface area contributed by atoms with Crippen molar-refractivity contribution in [3.05, 3.63) is 52.9 Å². The Labute approximate surface area is 131 Å². The van der Waals surface area contributed by atoms with Crippen LogP contribution in [0.25, 0.3) is 0 Å². The Bertz CT molecular complexity index is 617. The quantitative estimate of drug-likeness (QED) is 0.946. The topological polar surface area (TPSA) is 41.3 Å². The first-order valence-corrected chi connectivity index (χ1v) is 8.40. The number of hydrogen-bond donors (Lipinski definition) is 1. The normalized spacial score (nSPS) is 22.5. The third kappa shape index (κ3) is 2.69. The average molecular weight is 297 g/mol. The summed E-state index contributed by atoms with van der Waals surface area (Å²) in [4.78, 5) is 2.51. The summed E-state index contributed by atoms with van der Waals surface area (Å²) in [6, 6.07) is 10.9. The van der Waals surface area contributed by atoms with E-state index in [0.717, 1.165) is 31.0 Å². The molecule has 116 valence electrons. The molecule has 0 amide bonds. The maximum atomic E-state index is 5.66. The van der Waals surface area contributed by atoms with Crippen LogP contribution in [0.3, 0.4) is 0 Å². The Balaban J connectivity index is 1.63. The third-order valence-electron chi connectivity index (χ3n) is 4.82. The summed E-state index contributed by atoms with van der Waals surface area (Å²) in [6.45, 7) is 4.24. The highest BCUT2D eigenvalue weighted by molar-refractivity contribution is 5.38. The van der Waals surface area contributed by atoms with Gasteiger partial charge in [-0.3, -0.25) is 4.90 Å². The van der Waals surface area contributed by atoms with E-state index in [1.54, 1.807) is 0 Å². The first-order chi connectivity index (χ1) is 10.9. The largest absolute Gasteiger partial charge is 0.361 e. The molecule has 2 aliphatic heterocycles. The molecule has 0 aliphatic carbocycles. The van der Waals surface area contributed by atoms with Gasteiger partial charge in [0.15, 0.2) is 0 Å². The molecule has 2 aliphatic rings. The summed E-state index contributed by atoms with van der Waals surface area (Å²) in [5.41, 5.74) is 3.70. The van der Waals surface area contributed by atoms with E-state index in [1.165, 1.54) is 43.5 Å². The minimum atomic E-state index is 0.219. The Morgan fingerprint density at radius 2 is 1.95 bits per heavy atom. The second kappa shape index (κ2) is 6.23. The van der Waals surface area contributed by atoms with Crippen LogP contribution in [0.4, 0.5) is 0 Å². The van der Waals surface area contributed by atoms with Crippen LogP contribution in [0.2, 0.25) is 0 Å². The molecule has 1 N–H and O–H groups in total. The van der Waals surface area contributed by atoms with Crippen LogP contribution >= 0.6 is 0 Å². The lowest BCUT2D eigenvalue weighted by molar-refractivity contribution is 0.214. The Hall–Kier alpha value is -1.65. The van der Waals surface area contributed by atoms with Gasteiger partial charge in [0.05, 0.1) is 6.04 Å². The number of nitrogens with zero attached hydrogens (tertiary/aromatic N) is 2. The highest BCUT2D eigenvalue weighted by Gasteiger charge is 2.29. The molecule has 0 radical (unpaired) electrons. The zero-order valence-electron chi connectivity index (χ0n) is 12.9. The van der Waals surface area contributed by atoms with E-state index in [9.17, 15) is 0 Å². The van der Waals surface area contributed by atoms with E-state index in [-0.39, 0.29) is 6.04 Å². The fourth-order valence-corrected chi connectivity index (χ4v) is 3.68. The third-order valence-corrected chi connectivity index (χ3v) is 4.82. The van der Waals surface area contributed by atoms with Crippen molar-refractivity contribution in [2.75, 3.05) is 19.6 Å². The molecule has 1 saturated heterocycles. The van der Waals surface area contributed by atoms with Gasteiger partial charge in [0.1, 0.15) is 11.5 Å². The van der Waals surface area contributed by atoms with Crippen molar-refractivity contribution >= 4 is 0 Å². The van der Waals surface area contributed by atoms with Gasteiger partial charge in [-0.2, -0.15) is 0 Å². The lowest BCUT2D eigenvalue weighted by Gasteiger charge is -2.28. The fraction of sp³-hybridized carbons (Fsp3) is 0.500. The van der Waals surface area contributed by atoms with Crippen LogP contribution in [0.1, 0.15) is 47.9 Å². The smallest absolute Gasteiger partial charge is 0.143 e. The summed E-state index contributed by atoms with van der Waals surface area (Å²) >= 11 is 0. The summed E-state index contributed by atoms with van der Waals surface area (Å²) in [5, 5.41) is 8.05. The maximum absolute atomic E-state index is 5.66. The number of rotatable bonds is 3. The fourth-order valence-electron chi connectivity index (χ4n) is 3.68. The lowest BCUT2D eigenvalue weighted by Crippen LogP contribution is -2.33. The zero-order valence-corrected chi connectivity index (χ0v) is 12.9. The van der Waals surface area contributed by atoms with Crippen molar-refractivity contribution < 1.29 is 4.52 Å². The number of benzene rings is 1. The standard InChI is InChI=1S/C18H23N3O/c1-3-7-14(8-4-1)18-17-15(13-21-11-5-2-6-12-21)20-22-16(17)9-10-19-18/h1,3-4,7-8,18-19H,2,5-6,9-13H2. The molecule has 4 rings (SSSR count). The molecular formula is C18H23N3O. The summed E-state index contributed by atoms with van der Waals surface area (Å²) in [6.07, 6.45) is 4.91. The van der Waals surface area contributed by atoms with Crippen molar-refractivity contribution in [1.29, 1.82) is 0 Å². The summed E-state index contributed by atoms with van der Waals surface area (Å²) in [5.74, 6) is 1.07. The lowest BCUT2D eigenvalue weighted by atomic mass is 9.92. The van der Waals surface area contributed by atoms with Crippen LogP contribution in [0, 0.1) is 0 Å². The van der Waals surface area contributed by atoms with E-state index < -0.39 is 0 Å². The van der Waals surface area contributed by atoms with Crippen molar-refractivity contribution in [3.63, 3.8) is 0 Å². The second-order valence-corrected chi connectivity index (χ2v) is 6.35. The van der Waals surface area contributed by atoms with Crippen LogP contribution in [-0.4, -0.2) is 29.7 Å². The minimum absolute atomic E-state index is 0.219. The first-order valence-electron chi connectivity index (χ1n) is 8.40. The van der Waals surface area contributed by atoms with Crippen LogP contribution in [-0.2, 0) is 13.0 Å². The SMILES string of the molecule is c1ccc(C2NCCc3onc(CN4CCCCC4)c32)cc1. The molecular weight excluding hydrogens is 274 g/mol. The van der Waals surface area contributed by atoms with E-state index in [0.29, 0.717) is 0 Å². The first kappa shape index (κ1) is 14.0. The number of piperidine rings is 1. The van der Waals surface area contributed by atoms with Gasteiger partial charge < -0.3 is 9.84 Å². The highest BCUT2D eigenvalue weighted by Crippen LogP contribution is 2.32.